The summed E-state index contributed by atoms with van der Waals surface area (Å²) in [6.45, 7) is 2.05. The van der Waals surface area contributed by atoms with Crippen LogP contribution in [0.3, 0.4) is 0 Å². The molecule has 31 heavy (non-hydrogen) atoms. The molecule has 0 aliphatic carbocycles. The second-order valence-electron chi connectivity index (χ2n) is 7.16. The number of nitrogens with zero attached hydrogens (tertiary/aromatic N) is 1. The molecule has 168 valence electrons. The van der Waals surface area contributed by atoms with E-state index in [9.17, 15) is 13.2 Å². The summed E-state index contributed by atoms with van der Waals surface area (Å²) < 4.78 is 42.2. The summed E-state index contributed by atoms with van der Waals surface area (Å²) in [7, 11) is -0.225. The van der Waals surface area contributed by atoms with Gasteiger partial charge in [-0.25, -0.2) is 8.42 Å². The van der Waals surface area contributed by atoms with Gasteiger partial charge in [0.25, 0.3) is 5.91 Å². The summed E-state index contributed by atoms with van der Waals surface area (Å²) in [6, 6.07) is 12.3. The third-order valence-corrected chi connectivity index (χ3v) is 6.93. The van der Waals surface area contributed by atoms with Gasteiger partial charge in [0.2, 0.25) is 10.0 Å². The molecule has 0 aromatic heterocycles. The van der Waals surface area contributed by atoms with Gasteiger partial charge in [0.05, 0.1) is 33.2 Å². The molecule has 8 nitrogen and oxygen atoms in total. The first kappa shape index (κ1) is 23.1. The van der Waals surface area contributed by atoms with Crippen LogP contribution >= 0.6 is 0 Å². The number of carbonyl (C=O) groups excluding carboxylic acids is 1. The number of nitrogens with one attached hydrogen (secondary N) is 1. The average Bonchev–Trinajstić information content (AvgIpc) is 2.79. The number of amides is 1. The highest BCUT2D eigenvalue weighted by molar-refractivity contribution is 7.88. The van der Waals surface area contributed by atoms with Gasteiger partial charge in [0.15, 0.2) is 11.5 Å². The maximum absolute atomic E-state index is 12.5. The van der Waals surface area contributed by atoms with Crippen LogP contribution in [0.4, 0.5) is 0 Å². The van der Waals surface area contributed by atoms with E-state index in [1.54, 1.807) is 38.5 Å². The van der Waals surface area contributed by atoms with Gasteiger partial charge in [0, 0.05) is 25.2 Å². The predicted molar refractivity (Wildman–Crippen MR) is 117 cm³/mol. The summed E-state index contributed by atoms with van der Waals surface area (Å²) in [5.74, 6) is 1.01. The normalized spacial score (nSPS) is 14.8. The minimum Gasteiger partial charge on any atom is -0.493 e. The molecule has 1 aliphatic rings. The van der Waals surface area contributed by atoms with E-state index in [2.05, 4.69) is 5.32 Å². The Labute approximate surface area is 183 Å². The molecule has 0 radical (unpaired) electrons. The number of methoxy groups -OCH3 is 2. The SMILES string of the molecule is COc1ccc(CCNC(=O)c2ccc(CS(=O)(=O)N3CCOCC3)cc2)cc1OC. The first-order chi connectivity index (χ1) is 14.9. The summed E-state index contributed by atoms with van der Waals surface area (Å²) in [5, 5.41) is 2.88. The molecule has 1 saturated heterocycles. The van der Waals surface area contributed by atoms with Crippen LogP contribution in [0, 0.1) is 0 Å². The Morgan fingerprint density at radius 1 is 1.00 bits per heavy atom. The number of hydrogen-bond acceptors (Lipinski definition) is 6. The quantitative estimate of drug-likeness (QED) is 0.629. The fraction of sp³-hybridized carbons (Fsp3) is 0.409. The number of ether oxygens (including phenoxy) is 3. The average molecular weight is 449 g/mol. The van der Waals surface area contributed by atoms with Gasteiger partial charge in [-0.2, -0.15) is 4.31 Å². The molecule has 1 fully saturated rings. The Balaban J connectivity index is 1.52. The molecule has 9 heteroatoms. The van der Waals surface area contributed by atoms with Crippen LogP contribution in [0.25, 0.3) is 0 Å². The van der Waals surface area contributed by atoms with Crippen molar-refractivity contribution in [1.29, 1.82) is 0 Å². The van der Waals surface area contributed by atoms with Crippen LogP contribution in [0.15, 0.2) is 42.5 Å². The van der Waals surface area contributed by atoms with Crippen LogP contribution in [-0.4, -0.2) is 65.7 Å². The molecule has 2 aromatic carbocycles. The van der Waals surface area contributed by atoms with Crippen LogP contribution in [0.5, 0.6) is 11.5 Å². The Bertz CT molecular complexity index is 986. The molecular weight excluding hydrogens is 420 g/mol. The molecular formula is C22H28N2O6S. The molecule has 1 aliphatic heterocycles. The Morgan fingerprint density at radius 2 is 1.65 bits per heavy atom. The minimum atomic E-state index is -3.39. The van der Waals surface area contributed by atoms with Crippen LogP contribution < -0.4 is 14.8 Å². The van der Waals surface area contributed by atoms with Gasteiger partial charge < -0.3 is 19.5 Å². The summed E-state index contributed by atoms with van der Waals surface area (Å²) in [4.78, 5) is 12.4. The van der Waals surface area contributed by atoms with Crippen molar-refractivity contribution in [3.05, 3.63) is 59.2 Å². The molecule has 1 amide bonds. The Hall–Kier alpha value is -2.62. The van der Waals surface area contributed by atoms with Gasteiger partial charge in [-0.3, -0.25) is 4.79 Å². The molecule has 0 spiro atoms. The van der Waals surface area contributed by atoms with E-state index in [0.717, 1.165) is 5.56 Å². The van der Waals surface area contributed by atoms with Gasteiger partial charge >= 0.3 is 0 Å². The van der Waals surface area contributed by atoms with E-state index >= 15 is 0 Å². The zero-order chi connectivity index (χ0) is 22.3. The molecule has 2 aromatic rings. The van der Waals surface area contributed by atoms with Gasteiger partial charge in [-0.15, -0.1) is 0 Å². The first-order valence-corrected chi connectivity index (χ1v) is 11.7. The lowest BCUT2D eigenvalue weighted by molar-refractivity contribution is 0.0729. The molecule has 3 rings (SSSR count). The maximum atomic E-state index is 12.5. The minimum absolute atomic E-state index is 0.0891. The molecule has 0 unspecified atom stereocenters. The van der Waals surface area contributed by atoms with Crippen molar-refractivity contribution in [3.8, 4) is 11.5 Å². The zero-order valence-electron chi connectivity index (χ0n) is 17.8. The predicted octanol–water partition coefficient (Wildman–Crippen LogP) is 1.84. The van der Waals surface area contributed by atoms with Crippen molar-refractivity contribution >= 4 is 15.9 Å². The van der Waals surface area contributed by atoms with Crippen molar-refractivity contribution in [2.45, 2.75) is 12.2 Å². The van der Waals surface area contributed by atoms with E-state index in [1.807, 2.05) is 18.2 Å². The van der Waals surface area contributed by atoms with Crippen LogP contribution in [-0.2, 0) is 26.9 Å². The fourth-order valence-corrected chi connectivity index (χ4v) is 4.84. The number of benzene rings is 2. The van der Waals surface area contributed by atoms with E-state index in [4.69, 9.17) is 14.2 Å². The van der Waals surface area contributed by atoms with Crippen molar-refractivity contribution < 1.29 is 27.4 Å². The molecule has 0 saturated carbocycles. The lowest BCUT2D eigenvalue weighted by Gasteiger charge is -2.26. The first-order valence-electron chi connectivity index (χ1n) is 10.1. The molecule has 1 N–H and O–H groups in total. The number of carbonyl (C=O) groups is 1. The van der Waals surface area contributed by atoms with E-state index < -0.39 is 10.0 Å². The number of morpholine rings is 1. The van der Waals surface area contributed by atoms with Crippen LogP contribution in [0.2, 0.25) is 0 Å². The molecule has 1 heterocycles. The smallest absolute Gasteiger partial charge is 0.251 e. The van der Waals surface area contributed by atoms with E-state index in [-0.39, 0.29) is 11.7 Å². The number of rotatable bonds is 9. The fourth-order valence-electron chi connectivity index (χ4n) is 3.34. The summed E-state index contributed by atoms with van der Waals surface area (Å²) in [6.07, 6.45) is 0.641. The van der Waals surface area contributed by atoms with Crippen LogP contribution in [0.1, 0.15) is 21.5 Å². The van der Waals surface area contributed by atoms with E-state index in [1.165, 1.54) is 4.31 Å². The standard InChI is InChI=1S/C22H28N2O6S/c1-28-20-8-5-17(15-21(20)29-2)9-10-23-22(25)19-6-3-18(4-7-19)16-31(26,27)24-11-13-30-14-12-24/h3-8,15H,9-14,16H2,1-2H3,(H,23,25). The lowest BCUT2D eigenvalue weighted by atomic mass is 10.1. The highest BCUT2D eigenvalue weighted by Gasteiger charge is 2.24. The number of hydrogen-bond donors (Lipinski definition) is 1. The summed E-state index contributed by atoms with van der Waals surface area (Å²) in [5.41, 5.74) is 2.15. The van der Waals surface area contributed by atoms with Gasteiger partial charge in [-0.1, -0.05) is 18.2 Å². The third-order valence-electron chi connectivity index (χ3n) is 5.08. The molecule has 0 atom stereocenters. The highest BCUT2D eigenvalue weighted by atomic mass is 32.2. The Morgan fingerprint density at radius 3 is 2.29 bits per heavy atom. The second kappa shape index (κ2) is 10.6. The van der Waals surface area contributed by atoms with Gasteiger partial charge in [0.1, 0.15) is 0 Å². The zero-order valence-corrected chi connectivity index (χ0v) is 18.6. The third kappa shape index (κ3) is 6.19. The van der Waals surface area contributed by atoms with Crippen molar-refractivity contribution in [2.24, 2.45) is 0 Å². The number of sulfonamides is 1. The van der Waals surface area contributed by atoms with E-state index in [0.29, 0.717) is 61.9 Å². The lowest BCUT2D eigenvalue weighted by Crippen LogP contribution is -2.41. The summed E-state index contributed by atoms with van der Waals surface area (Å²) >= 11 is 0. The van der Waals surface area contributed by atoms with Gasteiger partial charge in [-0.05, 0) is 41.8 Å². The monoisotopic (exact) mass is 448 g/mol. The second-order valence-corrected chi connectivity index (χ2v) is 9.13. The topological polar surface area (TPSA) is 94.2 Å². The Kier molecular flexibility index (Phi) is 7.89. The molecule has 0 bridgehead atoms. The van der Waals surface area contributed by atoms with Crippen molar-refractivity contribution in [3.63, 3.8) is 0 Å². The largest absolute Gasteiger partial charge is 0.493 e. The maximum Gasteiger partial charge on any atom is 0.251 e. The highest BCUT2D eigenvalue weighted by Crippen LogP contribution is 2.27. The van der Waals surface area contributed by atoms with Crippen molar-refractivity contribution in [2.75, 3.05) is 47.1 Å². The van der Waals surface area contributed by atoms with Crippen molar-refractivity contribution in [1.82, 2.24) is 9.62 Å².